The van der Waals surface area contributed by atoms with Crippen LogP contribution in [0.3, 0.4) is 0 Å². The highest BCUT2D eigenvalue weighted by molar-refractivity contribution is 9.10. The molecular formula is C10H9BrN2S. The molecule has 0 atom stereocenters. The molecule has 0 spiro atoms. The van der Waals surface area contributed by atoms with Crippen molar-refractivity contribution in [3.63, 3.8) is 0 Å². The van der Waals surface area contributed by atoms with E-state index in [1.807, 2.05) is 12.3 Å². The van der Waals surface area contributed by atoms with Crippen molar-refractivity contribution in [2.24, 2.45) is 0 Å². The molecule has 0 unspecified atom stereocenters. The van der Waals surface area contributed by atoms with Gasteiger partial charge in [0.25, 0.3) is 0 Å². The van der Waals surface area contributed by atoms with E-state index >= 15 is 0 Å². The standard InChI is InChI=1S/C10H9BrN2S/c1-6-2-7(10(12)13-3-6)8-4-14-5-9(8)11/h2-5H,1H3,(H2,12,13). The molecule has 0 aliphatic rings. The molecule has 0 saturated carbocycles. The fourth-order valence-electron chi connectivity index (χ4n) is 1.27. The molecule has 0 radical (unpaired) electrons. The fraction of sp³-hybridized carbons (Fsp3) is 0.100. The average molecular weight is 269 g/mol. The molecule has 2 heterocycles. The summed E-state index contributed by atoms with van der Waals surface area (Å²) in [6.07, 6.45) is 1.78. The largest absolute Gasteiger partial charge is 0.383 e. The van der Waals surface area contributed by atoms with Gasteiger partial charge in [0.05, 0.1) is 0 Å². The number of anilines is 1. The number of aromatic nitrogens is 1. The molecule has 0 aromatic carbocycles. The Morgan fingerprint density at radius 1 is 1.36 bits per heavy atom. The van der Waals surface area contributed by atoms with Crippen LogP contribution >= 0.6 is 27.3 Å². The molecule has 2 nitrogen and oxygen atoms in total. The molecule has 2 aromatic rings. The Labute approximate surface area is 94.9 Å². The third-order valence-corrected chi connectivity index (χ3v) is 3.66. The van der Waals surface area contributed by atoms with Crippen LogP contribution in [0.5, 0.6) is 0 Å². The maximum Gasteiger partial charge on any atom is 0.131 e. The highest BCUT2D eigenvalue weighted by atomic mass is 79.9. The lowest BCUT2D eigenvalue weighted by Crippen LogP contribution is -1.94. The minimum Gasteiger partial charge on any atom is -0.383 e. The van der Waals surface area contributed by atoms with Crippen LogP contribution in [0, 0.1) is 6.92 Å². The number of thiophene rings is 1. The summed E-state index contributed by atoms with van der Waals surface area (Å²) < 4.78 is 1.07. The van der Waals surface area contributed by atoms with Crippen molar-refractivity contribution in [3.05, 3.63) is 33.1 Å². The van der Waals surface area contributed by atoms with Crippen molar-refractivity contribution in [2.75, 3.05) is 5.73 Å². The van der Waals surface area contributed by atoms with E-state index in [2.05, 4.69) is 32.4 Å². The van der Waals surface area contributed by atoms with Gasteiger partial charge in [0.15, 0.2) is 0 Å². The molecule has 2 aromatic heterocycles. The Morgan fingerprint density at radius 3 is 2.79 bits per heavy atom. The molecule has 0 saturated heterocycles. The topological polar surface area (TPSA) is 38.9 Å². The number of rotatable bonds is 1. The Bertz CT molecular complexity index is 465. The van der Waals surface area contributed by atoms with Crippen molar-refractivity contribution >= 4 is 33.1 Å². The van der Waals surface area contributed by atoms with Gasteiger partial charge in [0, 0.05) is 27.2 Å². The molecule has 0 amide bonds. The van der Waals surface area contributed by atoms with E-state index in [9.17, 15) is 0 Å². The third kappa shape index (κ3) is 1.67. The van der Waals surface area contributed by atoms with E-state index in [0.717, 1.165) is 21.2 Å². The van der Waals surface area contributed by atoms with Gasteiger partial charge in [0.2, 0.25) is 0 Å². The Hall–Kier alpha value is -0.870. The number of nitrogens with zero attached hydrogens (tertiary/aromatic N) is 1. The number of aryl methyl sites for hydroxylation is 1. The fourth-order valence-corrected chi connectivity index (χ4v) is 2.78. The molecule has 4 heteroatoms. The van der Waals surface area contributed by atoms with Crippen LogP contribution in [-0.4, -0.2) is 4.98 Å². The maximum absolute atomic E-state index is 5.82. The molecule has 0 aliphatic carbocycles. The Kier molecular flexibility index (Phi) is 2.56. The first-order chi connectivity index (χ1) is 6.68. The first-order valence-corrected chi connectivity index (χ1v) is 5.86. The monoisotopic (exact) mass is 268 g/mol. The summed E-state index contributed by atoms with van der Waals surface area (Å²) in [5.41, 5.74) is 9.05. The van der Waals surface area contributed by atoms with Crippen LogP contribution in [0.1, 0.15) is 5.56 Å². The van der Waals surface area contributed by atoms with E-state index < -0.39 is 0 Å². The second kappa shape index (κ2) is 3.71. The van der Waals surface area contributed by atoms with Crippen LogP contribution in [0.25, 0.3) is 11.1 Å². The lowest BCUT2D eigenvalue weighted by molar-refractivity contribution is 1.28. The van der Waals surface area contributed by atoms with Crippen molar-refractivity contribution in [1.29, 1.82) is 0 Å². The van der Waals surface area contributed by atoms with Crippen LogP contribution < -0.4 is 5.73 Å². The first-order valence-electron chi connectivity index (χ1n) is 4.12. The number of halogens is 1. The van der Waals surface area contributed by atoms with Gasteiger partial charge >= 0.3 is 0 Å². The van der Waals surface area contributed by atoms with E-state index in [1.165, 1.54) is 0 Å². The Morgan fingerprint density at radius 2 is 2.14 bits per heavy atom. The second-order valence-electron chi connectivity index (χ2n) is 3.08. The predicted octanol–water partition coefficient (Wildman–Crippen LogP) is 3.46. The van der Waals surface area contributed by atoms with Crippen molar-refractivity contribution in [3.8, 4) is 11.1 Å². The first kappa shape index (κ1) is 9.68. The second-order valence-corrected chi connectivity index (χ2v) is 4.68. The molecule has 0 fully saturated rings. The summed E-state index contributed by atoms with van der Waals surface area (Å²) in [4.78, 5) is 4.14. The summed E-state index contributed by atoms with van der Waals surface area (Å²) in [5.74, 6) is 0.578. The highest BCUT2D eigenvalue weighted by Crippen LogP contribution is 2.34. The van der Waals surface area contributed by atoms with Crippen LogP contribution in [-0.2, 0) is 0 Å². The maximum atomic E-state index is 5.82. The van der Waals surface area contributed by atoms with Crippen LogP contribution in [0.15, 0.2) is 27.5 Å². The van der Waals surface area contributed by atoms with Gasteiger partial charge in [-0.2, -0.15) is 11.3 Å². The zero-order valence-corrected chi connectivity index (χ0v) is 10.0. The highest BCUT2D eigenvalue weighted by Gasteiger charge is 2.08. The SMILES string of the molecule is Cc1cnc(N)c(-c2cscc2Br)c1. The zero-order valence-electron chi connectivity index (χ0n) is 7.62. The molecule has 2 N–H and O–H groups in total. The average Bonchev–Trinajstić information content (AvgIpc) is 2.56. The van der Waals surface area contributed by atoms with E-state index in [-0.39, 0.29) is 0 Å². The van der Waals surface area contributed by atoms with E-state index in [4.69, 9.17) is 5.73 Å². The molecule has 0 bridgehead atoms. The van der Waals surface area contributed by atoms with Crippen LogP contribution in [0.2, 0.25) is 0 Å². The predicted molar refractivity (Wildman–Crippen MR) is 64.4 cm³/mol. The molecule has 0 aliphatic heterocycles. The van der Waals surface area contributed by atoms with Gasteiger partial charge in [-0.05, 0) is 39.9 Å². The third-order valence-electron chi connectivity index (χ3n) is 1.96. The van der Waals surface area contributed by atoms with Crippen molar-refractivity contribution < 1.29 is 0 Å². The number of hydrogen-bond acceptors (Lipinski definition) is 3. The number of pyridine rings is 1. The lowest BCUT2D eigenvalue weighted by atomic mass is 10.1. The van der Waals surface area contributed by atoms with E-state index in [1.54, 1.807) is 17.5 Å². The molecular weight excluding hydrogens is 260 g/mol. The quantitative estimate of drug-likeness (QED) is 0.861. The van der Waals surface area contributed by atoms with Gasteiger partial charge in [-0.15, -0.1) is 0 Å². The smallest absolute Gasteiger partial charge is 0.131 e. The molecule has 72 valence electrons. The minimum atomic E-state index is 0.578. The van der Waals surface area contributed by atoms with Crippen molar-refractivity contribution in [1.82, 2.24) is 4.98 Å². The van der Waals surface area contributed by atoms with Crippen molar-refractivity contribution in [2.45, 2.75) is 6.92 Å². The van der Waals surface area contributed by atoms with E-state index in [0.29, 0.717) is 5.82 Å². The number of hydrogen-bond donors (Lipinski definition) is 1. The van der Waals surface area contributed by atoms with Gasteiger partial charge < -0.3 is 5.73 Å². The minimum absolute atomic E-state index is 0.578. The van der Waals surface area contributed by atoms with Crippen LogP contribution in [0.4, 0.5) is 5.82 Å². The number of nitrogens with two attached hydrogens (primary N) is 1. The van der Waals surface area contributed by atoms with Gasteiger partial charge in [0.1, 0.15) is 5.82 Å². The van der Waals surface area contributed by atoms with Gasteiger partial charge in [-0.1, -0.05) is 0 Å². The summed E-state index contributed by atoms with van der Waals surface area (Å²) in [6, 6.07) is 2.05. The lowest BCUT2D eigenvalue weighted by Gasteiger charge is -2.04. The van der Waals surface area contributed by atoms with Gasteiger partial charge in [-0.3, -0.25) is 0 Å². The number of nitrogen functional groups attached to an aromatic ring is 1. The Balaban J connectivity index is 2.62. The normalized spacial score (nSPS) is 10.4. The van der Waals surface area contributed by atoms with Gasteiger partial charge in [-0.25, -0.2) is 4.98 Å². The molecule has 14 heavy (non-hydrogen) atoms. The summed E-state index contributed by atoms with van der Waals surface area (Å²) in [7, 11) is 0. The molecule has 2 rings (SSSR count). The summed E-state index contributed by atoms with van der Waals surface area (Å²) in [6.45, 7) is 2.01. The summed E-state index contributed by atoms with van der Waals surface area (Å²) >= 11 is 5.13. The summed E-state index contributed by atoms with van der Waals surface area (Å²) in [5, 5.41) is 4.11. The zero-order chi connectivity index (χ0) is 10.1.